The zero-order chi connectivity index (χ0) is 21.7. The zero-order valence-electron chi connectivity index (χ0n) is 17.6. The maximum absolute atomic E-state index is 12.4. The highest BCUT2D eigenvalue weighted by molar-refractivity contribution is 8.00. The quantitative estimate of drug-likeness (QED) is 0.500. The molecule has 0 aliphatic carbocycles. The number of hydrogen-bond donors (Lipinski definition) is 3. The third kappa shape index (κ3) is 5.73. The van der Waals surface area contributed by atoms with Crippen molar-refractivity contribution in [3.8, 4) is 0 Å². The number of imidazole rings is 1. The van der Waals surface area contributed by atoms with Gasteiger partial charge in [-0.25, -0.2) is 9.78 Å². The minimum absolute atomic E-state index is 0.374. The first kappa shape index (κ1) is 21.6. The molecule has 6 nitrogen and oxygen atoms in total. The molecule has 7 heteroatoms. The van der Waals surface area contributed by atoms with Crippen molar-refractivity contribution in [1.29, 1.82) is 0 Å². The van der Waals surface area contributed by atoms with E-state index in [1.165, 1.54) is 17.3 Å². The van der Waals surface area contributed by atoms with E-state index in [0.29, 0.717) is 10.8 Å². The fraction of sp³-hybridized carbons (Fsp3) is 0.261. The van der Waals surface area contributed by atoms with Gasteiger partial charge in [-0.15, -0.1) is 0 Å². The van der Waals surface area contributed by atoms with Crippen LogP contribution in [0.1, 0.15) is 35.0 Å². The lowest BCUT2D eigenvalue weighted by Crippen LogP contribution is -2.39. The number of carbonyl (C=O) groups is 2. The van der Waals surface area contributed by atoms with Crippen LogP contribution in [0.5, 0.6) is 0 Å². The molecule has 1 aromatic heterocycles. The van der Waals surface area contributed by atoms with Gasteiger partial charge in [-0.1, -0.05) is 59.8 Å². The fourth-order valence-corrected chi connectivity index (χ4v) is 3.90. The zero-order valence-corrected chi connectivity index (χ0v) is 18.4. The Morgan fingerprint density at radius 3 is 2.53 bits per heavy atom. The Morgan fingerprint density at radius 2 is 1.83 bits per heavy atom. The predicted octanol–water partition coefficient (Wildman–Crippen LogP) is 4.75. The third-order valence-corrected chi connectivity index (χ3v) is 5.69. The fourth-order valence-electron chi connectivity index (χ4n) is 3.03. The lowest BCUT2D eigenvalue weighted by Gasteiger charge is -2.12. The van der Waals surface area contributed by atoms with Gasteiger partial charge in [0.1, 0.15) is 0 Å². The molecule has 0 fully saturated rings. The number of H-pyrrole nitrogens is 1. The lowest BCUT2D eigenvalue weighted by molar-refractivity contribution is -0.119. The van der Waals surface area contributed by atoms with Gasteiger partial charge >= 0.3 is 6.03 Å². The number of urea groups is 1. The van der Waals surface area contributed by atoms with Gasteiger partial charge in [0, 0.05) is 17.8 Å². The van der Waals surface area contributed by atoms with Gasteiger partial charge in [-0.3, -0.25) is 10.1 Å². The molecule has 3 N–H and O–H groups in total. The summed E-state index contributed by atoms with van der Waals surface area (Å²) in [5, 5.41) is 5.31. The number of imide groups is 1. The van der Waals surface area contributed by atoms with Gasteiger partial charge in [-0.2, -0.15) is 0 Å². The van der Waals surface area contributed by atoms with Gasteiger partial charge in [0.2, 0.25) is 5.91 Å². The molecule has 0 saturated heterocycles. The number of aromatic amines is 1. The highest BCUT2D eigenvalue weighted by atomic mass is 32.2. The summed E-state index contributed by atoms with van der Waals surface area (Å²) in [5.41, 5.74) is 5.83. The first-order chi connectivity index (χ1) is 14.3. The molecule has 0 bridgehead atoms. The second kappa shape index (κ2) is 9.63. The summed E-state index contributed by atoms with van der Waals surface area (Å²) >= 11 is 1.29. The van der Waals surface area contributed by atoms with E-state index < -0.39 is 11.3 Å². The van der Waals surface area contributed by atoms with Crippen molar-refractivity contribution in [2.24, 2.45) is 0 Å². The van der Waals surface area contributed by atoms with Crippen molar-refractivity contribution < 1.29 is 9.59 Å². The van der Waals surface area contributed by atoms with E-state index >= 15 is 0 Å². The van der Waals surface area contributed by atoms with Gasteiger partial charge in [-0.05, 0) is 44.9 Å². The molecule has 2 aromatic carbocycles. The maximum Gasteiger partial charge on any atom is 0.325 e. The van der Waals surface area contributed by atoms with Crippen LogP contribution in [0.15, 0.2) is 53.7 Å². The van der Waals surface area contributed by atoms with Gasteiger partial charge in [0.15, 0.2) is 5.16 Å². The maximum atomic E-state index is 12.4. The summed E-state index contributed by atoms with van der Waals surface area (Å²) in [6, 6.07) is 15.3. The summed E-state index contributed by atoms with van der Waals surface area (Å²) < 4.78 is 0. The van der Waals surface area contributed by atoms with Crippen molar-refractivity contribution in [2.45, 2.75) is 44.5 Å². The molecule has 3 aromatic rings. The summed E-state index contributed by atoms with van der Waals surface area (Å²) in [6.07, 6.45) is 0.725. The number of rotatable bonds is 6. The highest BCUT2D eigenvalue weighted by Crippen LogP contribution is 2.23. The van der Waals surface area contributed by atoms with Crippen LogP contribution in [-0.4, -0.2) is 27.2 Å². The van der Waals surface area contributed by atoms with E-state index in [1.807, 2.05) is 57.2 Å². The Labute approximate surface area is 180 Å². The van der Waals surface area contributed by atoms with Crippen LogP contribution in [0.2, 0.25) is 0 Å². The number of nitrogens with zero attached hydrogens (tertiary/aromatic N) is 1. The van der Waals surface area contributed by atoms with E-state index in [-0.39, 0.29) is 5.91 Å². The summed E-state index contributed by atoms with van der Waals surface area (Å²) in [5.74, 6) is -0.374. The van der Waals surface area contributed by atoms with Crippen LogP contribution in [0.3, 0.4) is 0 Å². The Bertz CT molecular complexity index is 1050. The van der Waals surface area contributed by atoms with Crippen molar-refractivity contribution in [1.82, 2.24) is 15.3 Å². The third-order valence-electron chi connectivity index (χ3n) is 4.70. The lowest BCUT2D eigenvalue weighted by atomic mass is 10.1. The number of benzene rings is 2. The molecule has 3 amide bonds. The Morgan fingerprint density at radius 1 is 1.10 bits per heavy atom. The minimum atomic E-state index is -0.542. The minimum Gasteiger partial charge on any atom is -0.337 e. The van der Waals surface area contributed by atoms with E-state index in [0.717, 1.165) is 28.9 Å². The monoisotopic (exact) mass is 422 g/mol. The Kier molecular flexibility index (Phi) is 6.95. The van der Waals surface area contributed by atoms with Crippen LogP contribution >= 0.6 is 11.8 Å². The van der Waals surface area contributed by atoms with Crippen LogP contribution in [-0.2, 0) is 11.2 Å². The second-order valence-corrected chi connectivity index (χ2v) is 8.63. The van der Waals surface area contributed by atoms with Crippen LogP contribution in [0, 0.1) is 20.8 Å². The standard InChI is InChI=1S/C23H26N4O2S/c1-14-10-11-19(15(2)12-14)25-22(29)27-21(28)17(4)30-23-24-16(3)20(26-23)13-18-8-6-5-7-9-18/h5-12,17H,13H2,1-4H3,(H,24,26)(H2,25,27,28,29). The second-order valence-electron chi connectivity index (χ2n) is 7.30. The SMILES string of the molecule is Cc1ccc(NC(=O)NC(=O)C(C)Sc2nc(Cc3ccccc3)c(C)[nH]2)c(C)c1. The molecule has 30 heavy (non-hydrogen) atoms. The van der Waals surface area contributed by atoms with E-state index in [4.69, 9.17) is 0 Å². The van der Waals surface area contributed by atoms with E-state index in [9.17, 15) is 9.59 Å². The Hall–Kier alpha value is -3.06. The molecular formula is C23H26N4O2S. The number of aromatic nitrogens is 2. The molecule has 1 atom stereocenters. The normalized spacial score (nSPS) is 11.7. The number of amides is 3. The summed E-state index contributed by atoms with van der Waals surface area (Å²) in [4.78, 5) is 32.5. The molecular weight excluding hydrogens is 396 g/mol. The average Bonchev–Trinajstić information content (AvgIpc) is 3.03. The van der Waals surface area contributed by atoms with Crippen molar-refractivity contribution in [3.05, 3.63) is 76.6 Å². The molecule has 0 radical (unpaired) electrons. The number of aryl methyl sites for hydroxylation is 3. The van der Waals surface area contributed by atoms with E-state index in [2.05, 4.69) is 32.7 Å². The largest absolute Gasteiger partial charge is 0.337 e. The molecule has 1 heterocycles. The van der Waals surface area contributed by atoms with Crippen LogP contribution < -0.4 is 10.6 Å². The molecule has 1 unspecified atom stereocenters. The molecule has 0 aliphatic rings. The summed E-state index contributed by atoms with van der Waals surface area (Å²) in [6.45, 7) is 7.62. The molecule has 0 spiro atoms. The first-order valence-corrected chi connectivity index (χ1v) is 10.6. The number of thioether (sulfide) groups is 1. The molecule has 3 rings (SSSR count). The Balaban J connectivity index is 1.56. The van der Waals surface area contributed by atoms with Crippen LogP contribution in [0.4, 0.5) is 10.5 Å². The van der Waals surface area contributed by atoms with Gasteiger partial charge in [0.05, 0.1) is 10.9 Å². The first-order valence-electron chi connectivity index (χ1n) is 9.77. The number of anilines is 1. The van der Waals surface area contributed by atoms with Crippen molar-refractivity contribution >= 4 is 29.4 Å². The number of nitrogens with one attached hydrogen (secondary N) is 3. The smallest absolute Gasteiger partial charge is 0.325 e. The van der Waals surface area contributed by atoms with Crippen molar-refractivity contribution in [3.63, 3.8) is 0 Å². The topological polar surface area (TPSA) is 86.9 Å². The summed E-state index contributed by atoms with van der Waals surface area (Å²) in [7, 11) is 0. The molecule has 0 saturated carbocycles. The van der Waals surface area contributed by atoms with Crippen LogP contribution in [0.25, 0.3) is 0 Å². The van der Waals surface area contributed by atoms with Gasteiger partial charge < -0.3 is 10.3 Å². The predicted molar refractivity (Wildman–Crippen MR) is 121 cm³/mol. The highest BCUT2D eigenvalue weighted by Gasteiger charge is 2.20. The number of carbonyl (C=O) groups excluding carboxylic acids is 2. The molecule has 0 aliphatic heterocycles. The average molecular weight is 423 g/mol. The number of hydrogen-bond acceptors (Lipinski definition) is 4. The van der Waals surface area contributed by atoms with E-state index in [1.54, 1.807) is 6.92 Å². The van der Waals surface area contributed by atoms with Gasteiger partial charge in [0.25, 0.3) is 0 Å². The molecule has 156 valence electrons. The van der Waals surface area contributed by atoms with Crippen molar-refractivity contribution in [2.75, 3.05) is 5.32 Å².